The monoisotopic (exact) mass is 242 g/mol. The van der Waals surface area contributed by atoms with Crippen LogP contribution in [-0.2, 0) is 6.42 Å². The number of benzene rings is 2. The first-order chi connectivity index (χ1) is 8.66. The Hall–Kier alpha value is -2.49. The first-order valence-corrected chi connectivity index (χ1v) is 5.50. The highest BCUT2D eigenvalue weighted by Crippen LogP contribution is 2.41. The fourth-order valence-corrected chi connectivity index (χ4v) is 2.12. The summed E-state index contributed by atoms with van der Waals surface area (Å²) in [4.78, 5) is 11.0. The zero-order valence-electron chi connectivity index (χ0n) is 9.38. The second-order valence-corrected chi connectivity index (χ2v) is 4.13. The Labute approximate surface area is 103 Å². The van der Waals surface area contributed by atoms with Crippen LogP contribution in [-0.4, -0.2) is 16.2 Å². The predicted molar refractivity (Wildman–Crippen MR) is 64.4 cm³/mol. The third kappa shape index (κ3) is 1.50. The summed E-state index contributed by atoms with van der Waals surface area (Å²) in [5.74, 6) is -0.104. The van der Waals surface area contributed by atoms with Gasteiger partial charge in [-0.1, -0.05) is 18.2 Å². The predicted octanol–water partition coefficient (Wildman–Crippen LogP) is 2.79. The highest BCUT2D eigenvalue weighted by Gasteiger charge is 2.23. The molecule has 4 nitrogen and oxygen atoms in total. The van der Waals surface area contributed by atoms with Crippen molar-refractivity contribution in [3.63, 3.8) is 0 Å². The molecule has 1 aliphatic rings. The van der Waals surface area contributed by atoms with Gasteiger partial charge in [-0.25, -0.2) is 4.79 Å². The van der Waals surface area contributed by atoms with E-state index in [1.54, 1.807) is 6.07 Å². The van der Waals surface area contributed by atoms with Crippen molar-refractivity contribution in [2.75, 3.05) is 0 Å². The topological polar surface area (TPSA) is 66.8 Å². The summed E-state index contributed by atoms with van der Waals surface area (Å²) in [6.07, 6.45) is 0.471. The second-order valence-electron chi connectivity index (χ2n) is 4.13. The lowest BCUT2D eigenvalue weighted by atomic mass is 9.97. The number of rotatable bonds is 1. The molecule has 0 bridgehead atoms. The van der Waals surface area contributed by atoms with Crippen LogP contribution in [0.1, 0.15) is 21.5 Å². The molecule has 4 heteroatoms. The van der Waals surface area contributed by atoms with Crippen LogP contribution in [0.4, 0.5) is 0 Å². The molecule has 0 saturated heterocycles. The molecule has 0 aliphatic carbocycles. The third-order valence-corrected chi connectivity index (χ3v) is 3.03. The van der Waals surface area contributed by atoms with E-state index in [2.05, 4.69) is 0 Å². The van der Waals surface area contributed by atoms with Crippen molar-refractivity contribution in [3.8, 4) is 17.2 Å². The number of aromatic carboxylic acids is 1. The van der Waals surface area contributed by atoms with Crippen molar-refractivity contribution < 1.29 is 19.7 Å². The van der Waals surface area contributed by atoms with Crippen molar-refractivity contribution in [1.29, 1.82) is 0 Å². The molecular weight excluding hydrogens is 232 g/mol. The van der Waals surface area contributed by atoms with Gasteiger partial charge in [0, 0.05) is 12.0 Å². The molecule has 0 spiro atoms. The van der Waals surface area contributed by atoms with Crippen LogP contribution in [0.15, 0.2) is 36.4 Å². The quantitative estimate of drug-likeness (QED) is 0.688. The molecule has 0 saturated carbocycles. The van der Waals surface area contributed by atoms with Crippen LogP contribution in [0, 0.1) is 0 Å². The molecule has 0 unspecified atom stereocenters. The molecule has 3 rings (SSSR count). The number of ether oxygens (including phenoxy) is 1. The lowest BCUT2D eigenvalue weighted by molar-refractivity contribution is 0.0693. The average molecular weight is 242 g/mol. The Bertz CT molecular complexity index is 646. The zero-order chi connectivity index (χ0) is 12.7. The maximum Gasteiger partial charge on any atom is 0.339 e. The largest absolute Gasteiger partial charge is 0.507 e. The van der Waals surface area contributed by atoms with Gasteiger partial charge in [-0.2, -0.15) is 0 Å². The lowest BCUT2D eigenvalue weighted by Gasteiger charge is -2.21. The van der Waals surface area contributed by atoms with Gasteiger partial charge in [-0.05, 0) is 23.8 Å². The maximum absolute atomic E-state index is 11.0. The minimum absolute atomic E-state index is 0.100. The van der Waals surface area contributed by atoms with E-state index in [1.165, 1.54) is 6.07 Å². The molecule has 18 heavy (non-hydrogen) atoms. The minimum Gasteiger partial charge on any atom is -0.507 e. The van der Waals surface area contributed by atoms with Crippen LogP contribution in [0.5, 0.6) is 17.2 Å². The number of carboxylic acids is 1. The Morgan fingerprint density at radius 1 is 1.11 bits per heavy atom. The van der Waals surface area contributed by atoms with Gasteiger partial charge in [0.25, 0.3) is 0 Å². The summed E-state index contributed by atoms with van der Waals surface area (Å²) in [5, 5.41) is 18.9. The van der Waals surface area contributed by atoms with Gasteiger partial charge in [0.05, 0.1) is 0 Å². The maximum atomic E-state index is 11.0. The van der Waals surface area contributed by atoms with Crippen LogP contribution in [0.2, 0.25) is 0 Å². The van der Waals surface area contributed by atoms with Gasteiger partial charge in [-0.3, -0.25) is 0 Å². The summed E-state index contributed by atoms with van der Waals surface area (Å²) in [5.41, 5.74) is 1.35. The van der Waals surface area contributed by atoms with E-state index < -0.39 is 5.97 Å². The fourth-order valence-electron chi connectivity index (χ4n) is 2.12. The van der Waals surface area contributed by atoms with E-state index in [1.807, 2.05) is 24.3 Å². The molecule has 0 aromatic heterocycles. The number of phenols is 1. The number of carbonyl (C=O) groups is 1. The van der Waals surface area contributed by atoms with Gasteiger partial charge in [0.1, 0.15) is 22.8 Å². The molecule has 1 aliphatic heterocycles. The average Bonchev–Trinajstić information content (AvgIpc) is 2.37. The van der Waals surface area contributed by atoms with Crippen LogP contribution in [0.3, 0.4) is 0 Å². The third-order valence-electron chi connectivity index (χ3n) is 3.03. The Morgan fingerprint density at radius 3 is 2.67 bits per heavy atom. The lowest BCUT2D eigenvalue weighted by Crippen LogP contribution is -2.06. The number of aromatic hydroxyl groups is 1. The second kappa shape index (κ2) is 3.77. The number of fused-ring (bicyclic) bond motifs is 2. The van der Waals surface area contributed by atoms with Crippen LogP contribution < -0.4 is 4.74 Å². The number of carboxylic acid groups (broad SMARTS) is 1. The fraction of sp³-hybridized carbons (Fsp3) is 0.0714. The molecule has 2 aromatic rings. The Morgan fingerprint density at radius 2 is 1.89 bits per heavy atom. The zero-order valence-corrected chi connectivity index (χ0v) is 9.38. The number of hydrogen-bond acceptors (Lipinski definition) is 3. The smallest absolute Gasteiger partial charge is 0.339 e. The number of hydrogen-bond donors (Lipinski definition) is 2. The van der Waals surface area contributed by atoms with Gasteiger partial charge in [-0.15, -0.1) is 0 Å². The normalized spacial score (nSPS) is 12.2. The van der Waals surface area contributed by atoms with Gasteiger partial charge in [0.15, 0.2) is 0 Å². The molecule has 0 atom stereocenters. The van der Waals surface area contributed by atoms with Gasteiger partial charge in [0.2, 0.25) is 0 Å². The highest BCUT2D eigenvalue weighted by molar-refractivity contribution is 5.92. The summed E-state index contributed by atoms with van der Waals surface area (Å²) in [6.45, 7) is 0. The summed E-state index contributed by atoms with van der Waals surface area (Å²) >= 11 is 0. The van der Waals surface area contributed by atoms with E-state index in [0.717, 1.165) is 11.3 Å². The van der Waals surface area contributed by atoms with Gasteiger partial charge >= 0.3 is 5.97 Å². The first-order valence-electron chi connectivity index (χ1n) is 5.50. The molecule has 90 valence electrons. The first kappa shape index (κ1) is 10.7. The molecular formula is C14H10O4. The molecule has 0 amide bonds. The summed E-state index contributed by atoms with van der Waals surface area (Å²) in [7, 11) is 0. The van der Waals surface area contributed by atoms with E-state index in [-0.39, 0.29) is 11.3 Å². The summed E-state index contributed by atoms with van der Waals surface area (Å²) in [6, 6.07) is 10.4. The van der Waals surface area contributed by atoms with E-state index in [9.17, 15) is 9.90 Å². The van der Waals surface area contributed by atoms with Crippen molar-refractivity contribution >= 4 is 5.97 Å². The molecule has 1 heterocycles. The SMILES string of the molecule is O=C(O)c1ccc2c(c1O)Cc1ccccc1O2. The number of para-hydroxylation sites is 1. The van der Waals surface area contributed by atoms with E-state index >= 15 is 0 Å². The van der Waals surface area contributed by atoms with Gasteiger partial charge < -0.3 is 14.9 Å². The van der Waals surface area contributed by atoms with E-state index in [4.69, 9.17) is 9.84 Å². The van der Waals surface area contributed by atoms with Crippen molar-refractivity contribution in [1.82, 2.24) is 0 Å². The molecule has 2 N–H and O–H groups in total. The molecule has 0 fully saturated rings. The summed E-state index contributed by atoms with van der Waals surface area (Å²) < 4.78 is 5.64. The highest BCUT2D eigenvalue weighted by atomic mass is 16.5. The standard InChI is InChI=1S/C14H10O4/c15-13-9(14(16)17)5-6-12-10(13)7-8-3-1-2-4-11(8)18-12/h1-6,15H,7H2,(H,16,17). The van der Waals surface area contributed by atoms with Crippen LogP contribution in [0.25, 0.3) is 0 Å². The Kier molecular flexibility index (Phi) is 2.23. The Balaban J connectivity index is 2.14. The van der Waals surface area contributed by atoms with Crippen LogP contribution >= 0.6 is 0 Å². The molecule has 2 aromatic carbocycles. The van der Waals surface area contributed by atoms with Crippen molar-refractivity contribution in [3.05, 3.63) is 53.1 Å². The molecule has 0 radical (unpaired) electrons. The van der Waals surface area contributed by atoms with Crippen molar-refractivity contribution in [2.45, 2.75) is 6.42 Å². The minimum atomic E-state index is -1.14. The van der Waals surface area contributed by atoms with Crippen molar-refractivity contribution in [2.24, 2.45) is 0 Å². The van der Waals surface area contributed by atoms with E-state index in [0.29, 0.717) is 17.7 Å².